The van der Waals surface area contributed by atoms with Crippen molar-refractivity contribution >= 4 is 8.32 Å². The molecule has 0 aromatic carbocycles. The van der Waals surface area contributed by atoms with Gasteiger partial charge in [-0.15, -0.1) is 0 Å². The van der Waals surface area contributed by atoms with Crippen molar-refractivity contribution in [2.45, 2.75) is 83.1 Å². The van der Waals surface area contributed by atoms with Crippen LogP contribution in [0.4, 0.5) is 0 Å². The Bertz CT molecular complexity index is 329. The fourth-order valence-corrected chi connectivity index (χ4v) is 3.59. The molecule has 0 amide bonds. The van der Waals surface area contributed by atoms with E-state index in [9.17, 15) is 0 Å². The van der Waals surface area contributed by atoms with Crippen LogP contribution in [0.2, 0.25) is 18.1 Å². The van der Waals surface area contributed by atoms with Crippen LogP contribution in [0.5, 0.6) is 0 Å². The maximum absolute atomic E-state index is 9.15. The van der Waals surface area contributed by atoms with E-state index in [1.807, 2.05) is 6.92 Å². The predicted octanol–water partition coefficient (Wildman–Crippen LogP) is 2.93. The van der Waals surface area contributed by atoms with E-state index in [0.29, 0.717) is 6.79 Å². The lowest BCUT2D eigenvalue weighted by molar-refractivity contribution is -0.0771. The number of hydrogen-bond donors (Lipinski definition) is 1. The first-order valence-electron chi connectivity index (χ1n) is 8.15. The number of aliphatic hydroxyl groups excluding tert-OH is 1. The summed E-state index contributed by atoms with van der Waals surface area (Å²) in [6.07, 6.45) is 1.90. The highest BCUT2D eigenvalue weighted by Gasteiger charge is 2.44. The molecule has 0 radical (unpaired) electrons. The summed E-state index contributed by atoms with van der Waals surface area (Å²) in [7, 11) is -0.217. The summed E-state index contributed by atoms with van der Waals surface area (Å²) in [6.45, 7) is 13.7. The second-order valence-electron chi connectivity index (χ2n) is 7.75. The van der Waals surface area contributed by atoms with Gasteiger partial charge in [0.2, 0.25) is 0 Å². The van der Waals surface area contributed by atoms with Gasteiger partial charge in [0.05, 0.1) is 24.9 Å². The van der Waals surface area contributed by atoms with Crippen molar-refractivity contribution in [3.05, 3.63) is 0 Å². The van der Waals surface area contributed by atoms with E-state index in [1.165, 1.54) is 0 Å². The molecular formula is C16H34O5Si. The van der Waals surface area contributed by atoms with Crippen molar-refractivity contribution in [2.24, 2.45) is 0 Å². The van der Waals surface area contributed by atoms with E-state index in [1.54, 1.807) is 7.11 Å². The smallest absolute Gasteiger partial charge is 0.192 e. The molecule has 1 rings (SSSR count). The van der Waals surface area contributed by atoms with Crippen molar-refractivity contribution in [1.29, 1.82) is 0 Å². The van der Waals surface area contributed by atoms with Gasteiger partial charge in [-0.25, -0.2) is 0 Å². The van der Waals surface area contributed by atoms with Crippen molar-refractivity contribution in [1.82, 2.24) is 0 Å². The lowest BCUT2D eigenvalue weighted by Crippen LogP contribution is -2.45. The Hall–Kier alpha value is 0.0169. The van der Waals surface area contributed by atoms with Crippen LogP contribution < -0.4 is 0 Å². The molecule has 4 atom stereocenters. The van der Waals surface area contributed by atoms with Gasteiger partial charge in [-0.2, -0.15) is 0 Å². The lowest BCUT2D eigenvalue weighted by Gasteiger charge is -2.39. The van der Waals surface area contributed by atoms with Crippen LogP contribution >= 0.6 is 0 Å². The Morgan fingerprint density at radius 3 is 2.32 bits per heavy atom. The minimum Gasteiger partial charge on any atom is -0.414 e. The number of rotatable bonds is 10. The molecule has 1 unspecified atom stereocenters. The van der Waals surface area contributed by atoms with Crippen LogP contribution in [0, 0.1) is 0 Å². The molecule has 1 heterocycles. The van der Waals surface area contributed by atoms with E-state index in [4.69, 9.17) is 23.7 Å². The molecule has 132 valence electrons. The number of methoxy groups -OCH3 is 1. The quantitative estimate of drug-likeness (QED) is 0.378. The van der Waals surface area contributed by atoms with E-state index >= 15 is 0 Å². The Balaban J connectivity index is 2.61. The third kappa shape index (κ3) is 6.26. The lowest BCUT2D eigenvalue weighted by atomic mass is 10.1. The molecule has 1 saturated heterocycles. The van der Waals surface area contributed by atoms with Gasteiger partial charge in [0.15, 0.2) is 8.32 Å². The molecule has 6 heteroatoms. The molecule has 1 aliphatic rings. The fourth-order valence-electron chi connectivity index (χ4n) is 2.21. The Kier molecular flexibility index (Phi) is 7.49. The van der Waals surface area contributed by atoms with Gasteiger partial charge in [0.25, 0.3) is 0 Å². The van der Waals surface area contributed by atoms with Crippen LogP contribution in [0.15, 0.2) is 0 Å². The number of epoxide rings is 1. The van der Waals surface area contributed by atoms with Gasteiger partial charge in [0, 0.05) is 13.5 Å². The molecule has 0 saturated carbocycles. The largest absolute Gasteiger partial charge is 0.414 e. The number of ether oxygens (including phenoxy) is 3. The second-order valence-corrected chi connectivity index (χ2v) is 12.5. The Morgan fingerprint density at radius 2 is 1.86 bits per heavy atom. The standard InChI is InChI=1S/C16H34O5Si/c1-12(19-11-18-5)8-13(9-14-15(10-17)20-14)21-22(6,7)16(2,3)4/h12-15,17H,8-11H2,1-7H3/t12-,13?,14+,15-/m1/s1. The highest BCUT2D eigenvalue weighted by atomic mass is 28.4. The zero-order valence-corrected chi connectivity index (χ0v) is 16.2. The van der Waals surface area contributed by atoms with Crippen LogP contribution in [-0.2, 0) is 18.6 Å². The predicted molar refractivity (Wildman–Crippen MR) is 89.5 cm³/mol. The van der Waals surface area contributed by atoms with Crippen LogP contribution in [0.1, 0.15) is 40.5 Å². The zero-order chi connectivity index (χ0) is 17.0. The molecule has 0 aromatic rings. The van der Waals surface area contributed by atoms with Crippen LogP contribution in [-0.4, -0.2) is 58.3 Å². The highest BCUT2D eigenvalue weighted by Crippen LogP contribution is 2.39. The van der Waals surface area contributed by atoms with E-state index in [2.05, 4.69) is 33.9 Å². The van der Waals surface area contributed by atoms with Crippen molar-refractivity contribution < 1.29 is 23.7 Å². The van der Waals surface area contributed by atoms with Crippen LogP contribution in [0.3, 0.4) is 0 Å². The summed E-state index contributed by atoms with van der Waals surface area (Å²) in [5.74, 6) is 0. The number of hydrogen-bond acceptors (Lipinski definition) is 5. The molecule has 0 bridgehead atoms. The maximum Gasteiger partial charge on any atom is 0.192 e. The summed E-state index contributed by atoms with van der Waals surface area (Å²) >= 11 is 0. The molecule has 0 aromatic heterocycles. The average Bonchev–Trinajstić information content (AvgIpc) is 3.12. The molecule has 1 aliphatic heterocycles. The molecule has 1 N–H and O–H groups in total. The topological polar surface area (TPSA) is 60.5 Å². The summed E-state index contributed by atoms with van der Waals surface area (Å²) in [6, 6.07) is 0. The fraction of sp³-hybridized carbons (Fsp3) is 1.00. The van der Waals surface area contributed by atoms with Crippen molar-refractivity contribution in [3.8, 4) is 0 Å². The average molecular weight is 335 g/mol. The first-order chi connectivity index (χ1) is 10.1. The second kappa shape index (κ2) is 8.21. The summed E-state index contributed by atoms with van der Waals surface area (Å²) in [5.41, 5.74) is 0. The normalized spacial score (nSPS) is 25.1. The van der Waals surface area contributed by atoms with Gasteiger partial charge in [-0.1, -0.05) is 20.8 Å². The van der Waals surface area contributed by atoms with Crippen molar-refractivity contribution in [3.63, 3.8) is 0 Å². The van der Waals surface area contributed by atoms with Gasteiger partial charge >= 0.3 is 0 Å². The molecule has 0 spiro atoms. The molecule has 0 aliphatic carbocycles. The summed E-state index contributed by atoms with van der Waals surface area (Å²) < 4.78 is 22.6. The van der Waals surface area contributed by atoms with E-state index in [-0.39, 0.29) is 36.1 Å². The van der Waals surface area contributed by atoms with Gasteiger partial charge < -0.3 is 23.7 Å². The van der Waals surface area contributed by atoms with E-state index < -0.39 is 8.32 Å². The minimum absolute atomic E-state index is 0.0132. The maximum atomic E-state index is 9.15. The first-order valence-corrected chi connectivity index (χ1v) is 11.1. The highest BCUT2D eigenvalue weighted by molar-refractivity contribution is 6.74. The summed E-state index contributed by atoms with van der Waals surface area (Å²) in [5, 5.41) is 9.32. The molecular weight excluding hydrogens is 300 g/mol. The van der Waals surface area contributed by atoms with Crippen molar-refractivity contribution in [2.75, 3.05) is 20.5 Å². The monoisotopic (exact) mass is 334 g/mol. The van der Waals surface area contributed by atoms with Crippen LogP contribution in [0.25, 0.3) is 0 Å². The molecule has 22 heavy (non-hydrogen) atoms. The Morgan fingerprint density at radius 1 is 1.23 bits per heavy atom. The third-order valence-corrected chi connectivity index (χ3v) is 9.23. The molecule has 5 nitrogen and oxygen atoms in total. The minimum atomic E-state index is -1.84. The zero-order valence-electron chi connectivity index (χ0n) is 15.2. The van der Waals surface area contributed by atoms with E-state index in [0.717, 1.165) is 12.8 Å². The number of aliphatic hydroxyl groups is 1. The first kappa shape index (κ1) is 20.1. The third-order valence-electron chi connectivity index (χ3n) is 4.70. The van der Waals surface area contributed by atoms with Gasteiger partial charge in [-0.3, -0.25) is 0 Å². The summed E-state index contributed by atoms with van der Waals surface area (Å²) in [4.78, 5) is 0. The molecule has 1 fully saturated rings. The Labute approximate surface area is 136 Å². The van der Waals surface area contributed by atoms with Gasteiger partial charge in [-0.05, 0) is 31.5 Å². The SMILES string of the molecule is COCO[C@H](C)CC(C[C@@H]1O[C@@H]1CO)O[Si](C)(C)C(C)(C)C. The van der Waals surface area contributed by atoms with Gasteiger partial charge in [0.1, 0.15) is 12.9 Å².